The lowest BCUT2D eigenvalue weighted by atomic mass is 10.1. The molecule has 0 bridgehead atoms. The molecule has 4 rings (SSSR count). The Balaban J connectivity index is 1.52. The molecular weight excluding hydrogens is 598 g/mol. The maximum absolute atomic E-state index is 13.3. The van der Waals surface area contributed by atoms with E-state index in [1.165, 1.54) is 30.9 Å². The lowest BCUT2D eigenvalue weighted by molar-refractivity contribution is -0.137. The van der Waals surface area contributed by atoms with Crippen LogP contribution in [-0.4, -0.2) is 57.1 Å². The van der Waals surface area contributed by atoms with E-state index in [4.69, 9.17) is 14.2 Å². The molecule has 0 saturated heterocycles. The molecule has 0 saturated carbocycles. The van der Waals surface area contributed by atoms with Crippen molar-refractivity contribution in [2.75, 3.05) is 45.1 Å². The van der Waals surface area contributed by atoms with E-state index in [-0.39, 0.29) is 30.0 Å². The van der Waals surface area contributed by atoms with Crippen molar-refractivity contribution in [1.82, 2.24) is 4.90 Å². The van der Waals surface area contributed by atoms with E-state index >= 15 is 0 Å². The van der Waals surface area contributed by atoms with Crippen LogP contribution in [0.4, 0.5) is 11.4 Å². The fourth-order valence-corrected chi connectivity index (χ4v) is 5.13. The van der Waals surface area contributed by atoms with E-state index < -0.39 is 0 Å². The summed E-state index contributed by atoms with van der Waals surface area (Å²) in [5.41, 5.74) is 1.82. The van der Waals surface area contributed by atoms with E-state index in [2.05, 4.69) is 26.6 Å². The quantitative estimate of drug-likeness (QED) is 0.200. The molecule has 208 valence electrons. The number of anilines is 2. The van der Waals surface area contributed by atoms with Crippen molar-refractivity contribution < 1.29 is 28.6 Å². The van der Waals surface area contributed by atoms with Crippen LogP contribution in [0.2, 0.25) is 0 Å². The zero-order valence-electron chi connectivity index (χ0n) is 22.2. The van der Waals surface area contributed by atoms with Crippen molar-refractivity contribution in [3.63, 3.8) is 0 Å². The molecule has 3 aromatic carbocycles. The number of imide groups is 1. The Kier molecular flexibility index (Phi) is 9.86. The predicted octanol–water partition coefficient (Wildman–Crippen LogP) is 5.54. The summed E-state index contributed by atoms with van der Waals surface area (Å²) in [6, 6.07) is 19.3. The molecule has 0 atom stereocenters. The van der Waals surface area contributed by atoms with Crippen LogP contribution < -0.4 is 20.1 Å². The number of carbonyl (C=O) groups is 3. The fraction of sp³-hybridized carbons (Fsp3) is 0.207. The predicted molar refractivity (Wildman–Crippen MR) is 158 cm³/mol. The van der Waals surface area contributed by atoms with E-state index in [0.29, 0.717) is 46.4 Å². The van der Waals surface area contributed by atoms with Gasteiger partial charge in [-0.2, -0.15) is 0 Å². The molecule has 3 aromatic rings. The zero-order valence-corrected chi connectivity index (χ0v) is 24.6. The zero-order chi connectivity index (χ0) is 28.6. The van der Waals surface area contributed by atoms with Crippen LogP contribution in [0.25, 0.3) is 0 Å². The SMILES string of the molecule is COCCCN1C(=O)C(Nc2ccc(Br)cc2)=C(Sc2ccc(NC(=O)c3ccc(OC)cc3OC)cc2)C1=O. The number of thioether (sulfide) groups is 1. The molecule has 1 aliphatic heterocycles. The van der Waals surface area contributed by atoms with Gasteiger partial charge < -0.3 is 24.8 Å². The van der Waals surface area contributed by atoms with Gasteiger partial charge in [0.25, 0.3) is 17.7 Å². The molecule has 3 amide bonds. The first kappa shape index (κ1) is 29.2. The minimum Gasteiger partial charge on any atom is -0.497 e. The molecule has 0 aromatic heterocycles. The van der Waals surface area contributed by atoms with Crippen LogP contribution in [-0.2, 0) is 14.3 Å². The first-order valence-electron chi connectivity index (χ1n) is 12.3. The highest BCUT2D eigenvalue weighted by atomic mass is 79.9. The molecule has 0 aliphatic carbocycles. The van der Waals surface area contributed by atoms with Gasteiger partial charge in [-0.05, 0) is 67.1 Å². The van der Waals surface area contributed by atoms with Crippen LogP contribution in [0, 0.1) is 0 Å². The van der Waals surface area contributed by atoms with Gasteiger partial charge in [0.05, 0.1) is 19.8 Å². The average Bonchev–Trinajstić information content (AvgIpc) is 3.18. The number of halogens is 1. The molecule has 2 N–H and O–H groups in total. The maximum Gasteiger partial charge on any atom is 0.278 e. The van der Waals surface area contributed by atoms with E-state index in [0.717, 1.165) is 9.37 Å². The normalized spacial score (nSPS) is 13.1. The highest BCUT2D eigenvalue weighted by Gasteiger charge is 2.38. The Morgan fingerprint density at radius 3 is 2.25 bits per heavy atom. The molecule has 1 heterocycles. The van der Waals surface area contributed by atoms with Crippen LogP contribution in [0.15, 0.2) is 86.7 Å². The number of rotatable bonds is 12. The molecule has 40 heavy (non-hydrogen) atoms. The molecule has 0 spiro atoms. The van der Waals surface area contributed by atoms with Crippen LogP contribution in [0.1, 0.15) is 16.8 Å². The van der Waals surface area contributed by atoms with Gasteiger partial charge in [-0.15, -0.1) is 0 Å². The fourth-order valence-electron chi connectivity index (χ4n) is 3.92. The largest absolute Gasteiger partial charge is 0.497 e. The lowest BCUT2D eigenvalue weighted by Gasteiger charge is -2.14. The smallest absolute Gasteiger partial charge is 0.278 e. The van der Waals surface area contributed by atoms with Crippen LogP contribution >= 0.6 is 27.7 Å². The van der Waals surface area contributed by atoms with Crippen molar-refractivity contribution in [2.45, 2.75) is 11.3 Å². The van der Waals surface area contributed by atoms with Crippen LogP contribution in [0.3, 0.4) is 0 Å². The summed E-state index contributed by atoms with van der Waals surface area (Å²) in [5.74, 6) is -0.123. The summed E-state index contributed by atoms with van der Waals surface area (Å²) < 4.78 is 16.5. The summed E-state index contributed by atoms with van der Waals surface area (Å²) in [4.78, 5) is 41.7. The van der Waals surface area contributed by atoms with Gasteiger partial charge in [-0.25, -0.2) is 0 Å². The second-order valence-corrected chi connectivity index (χ2v) is 10.6. The Bertz CT molecular complexity index is 1430. The van der Waals surface area contributed by atoms with Crippen molar-refractivity contribution in [1.29, 1.82) is 0 Å². The number of hydrogen-bond acceptors (Lipinski definition) is 8. The Morgan fingerprint density at radius 2 is 1.60 bits per heavy atom. The van der Waals surface area contributed by atoms with Gasteiger partial charge in [0.15, 0.2) is 0 Å². The van der Waals surface area contributed by atoms with Gasteiger partial charge in [-0.3, -0.25) is 19.3 Å². The third kappa shape index (κ3) is 6.85. The first-order valence-corrected chi connectivity index (χ1v) is 13.9. The summed E-state index contributed by atoms with van der Waals surface area (Å²) >= 11 is 4.59. The van der Waals surface area contributed by atoms with E-state index in [1.807, 2.05) is 24.3 Å². The number of benzene rings is 3. The third-order valence-electron chi connectivity index (χ3n) is 5.95. The summed E-state index contributed by atoms with van der Waals surface area (Å²) in [6.45, 7) is 0.686. The minimum absolute atomic E-state index is 0.221. The molecule has 0 fully saturated rings. The number of methoxy groups -OCH3 is 3. The lowest BCUT2D eigenvalue weighted by Crippen LogP contribution is -2.33. The standard InChI is InChI=1S/C29H28BrN3O6S/c1-37-16-4-15-33-28(35)25(31-19-7-5-18(30)6-8-19)26(29(33)36)40-22-12-9-20(10-13-22)32-27(34)23-14-11-21(38-2)17-24(23)39-3/h5-14,17,31H,4,15-16H2,1-3H3,(H,32,34). The molecule has 11 heteroatoms. The highest BCUT2D eigenvalue weighted by Crippen LogP contribution is 2.36. The average molecular weight is 627 g/mol. The summed E-state index contributed by atoms with van der Waals surface area (Å²) in [6.07, 6.45) is 0.533. The minimum atomic E-state index is -0.385. The third-order valence-corrected chi connectivity index (χ3v) is 7.57. The van der Waals surface area contributed by atoms with Gasteiger partial charge in [0.1, 0.15) is 22.1 Å². The summed E-state index contributed by atoms with van der Waals surface area (Å²) in [7, 11) is 4.60. The Hall–Kier alpha value is -3.80. The molecule has 9 nitrogen and oxygen atoms in total. The highest BCUT2D eigenvalue weighted by molar-refractivity contribution is 9.10. The maximum atomic E-state index is 13.3. The van der Waals surface area contributed by atoms with Crippen LogP contribution in [0.5, 0.6) is 11.5 Å². The number of ether oxygens (including phenoxy) is 3. The van der Waals surface area contributed by atoms with E-state index in [1.54, 1.807) is 49.6 Å². The van der Waals surface area contributed by atoms with Crippen molar-refractivity contribution in [3.05, 3.63) is 87.4 Å². The number of hydrogen-bond donors (Lipinski definition) is 2. The number of carbonyl (C=O) groups excluding carboxylic acids is 3. The van der Waals surface area contributed by atoms with Gasteiger partial charge in [0.2, 0.25) is 0 Å². The Labute approximate surface area is 245 Å². The monoisotopic (exact) mass is 625 g/mol. The van der Waals surface area contributed by atoms with Gasteiger partial charge in [0, 0.05) is 47.1 Å². The topological polar surface area (TPSA) is 106 Å². The Morgan fingerprint density at radius 1 is 0.900 bits per heavy atom. The van der Waals surface area contributed by atoms with Crippen molar-refractivity contribution >= 4 is 56.8 Å². The molecule has 0 unspecified atom stereocenters. The summed E-state index contributed by atoms with van der Waals surface area (Å²) in [5, 5.41) is 5.98. The number of nitrogens with one attached hydrogen (secondary N) is 2. The number of nitrogens with zero attached hydrogens (tertiary/aromatic N) is 1. The van der Waals surface area contributed by atoms with Crippen molar-refractivity contribution in [2.24, 2.45) is 0 Å². The molecule has 0 radical (unpaired) electrons. The van der Waals surface area contributed by atoms with Crippen molar-refractivity contribution in [3.8, 4) is 11.5 Å². The molecule has 1 aliphatic rings. The number of amides is 3. The molecular formula is C29H28BrN3O6S. The second kappa shape index (κ2) is 13.5. The van der Waals surface area contributed by atoms with Gasteiger partial charge >= 0.3 is 0 Å². The second-order valence-electron chi connectivity index (χ2n) is 8.59. The van der Waals surface area contributed by atoms with E-state index in [9.17, 15) is 14.4 Å². The first-order chi connectivity index (χ1) is 19.3. The van der Waals surface area contributed by atoms with Gasteiger partial charge in [-0.1, -0.05) is 27.7 Å².